The molecule has 1 aliphatic rings. The van der Waals surface area contributed by atoms with Crippen LogP contribution in [-0.4, -0.2) is 43.4 Å². The zero-order valence-corrected chi connectivity index (χ0v) is 16.1. The number of ketones is 1. The van der Waals surface area contributed by atoms with Crippen molar-refractivity contribution < 1.29 is 4.79 Å². The lowest BCUT2D eigenvalue weighted by molar-refractivity contribution is 0.103. The maximum absolute atomic E-state index is 12.6. The van der Waals surface area contributed by atoms with Crippen LogP contribution in [0, 0.1) is 0 Å². The Morgan fingerprint density at radius 1 is 1.00 bits per heavy atom. The van der Waals surface area contributed by atoms with Crippen molar-refractivity contribution in [1.29, 1.82) is 0 Å². The zero-order chi connectivity index (χ0) is 16.1. The number of rotatable bonds is 5. The number of nitrogens with zero attached hydrogens (tertiary/aromatic N) is 1. The molecule has 1 atom stereocenters. The summed E-state index contributed by atoms with van der Waals surface area (Å²) in [5, 5.41) is 3.38. The second kappa shape index (κ2) is 10.6. The van der Waals surface area contributed by atoms with Crippen molar-refractivity contribution >= 4 is 30.6 Å². The predicted molar refractivity (Wildman–Crippen MR) is 109 cm³/mol. The molecule has 1 heterocycles. The van der Waals surface area contributed by atoms with Gasteiger partial charge in [0.2, 0.25) is 0 Å². The van der Waals surface area contributed by atoms with Crippen molar-refractivity contribution in [3.05, 3.63) is 71.3 Å². The van der Waals surface area contributed by atoms with Crippen molar-refractivity contribution in [3.63, 3.8) is 0 Å². The molecule has 1 unspecified atom stereocenters. The lowest BCUT2D eigenvalue weighted by Gasteiger charge is -2.29. The Morgan fingerprint density at radius 3 is 2.32 bits per heavy atom. The Kier molecular flexibility index (Phi) is 9.15. The van der Waals surface area contributed by atoms with E-state index in [-0.39, 0.29) is 30.6 Å². The second-order valence-electron chi connectivity index (χ2n) is 6.27. The first-order valence-corrected chi connectivity index (χ1v) is 8.37. The van der Waals surface area contributed by atoms with Gasteiger partial charge in [-0.1, -0.05) is 55.5 Å². The molecule has 3 rings (SSSR count). The molecule has 25 heavy (non-hydrogen) atoms. The molecule has 5 heteroatoms. The summed E-state index contributed by atoms with van der Waals surface area (Å²) in [6.07, 6.45) is 0. The molecule has 1 N–H and O–H groups in total. The van der Waals surface area contributed by atoms with Crippen LogP contribution < -0.4 is 5.32 Å². The van der Waals surface area contributed by atoms with Crippen LogP contribution in [-0.2, 0) is 0 Å². The summed E-state index contributed by atoms with van der Waals surface area (Å²) in [5.41, 5.74) is 2.77. The Hall–Kier alpha value is -1.39. The number of nitrogens with one attached hydrogen (secondary N) is 1. The normalized spacial score (nSPS) is 15.6. The molecule has 0 radical (unpaired) electrons. The average Bonchev–Trinajstić information content (AvgIpc) is 2.63. The molecule has 2 aromatic carbocycles. The quantitative estimate of drug-likeness (QED) is 0.801. The second-order valence-corrected chi connectivity index (χ2v) is 6.27. The van der Waals surface area contributed by atoms with Gasteiger partial charge in [0.15, 0.2) is 5.78 Å². The van der Waals surface area contributed by atoms with Gasteiger partial charge >= 0.3 is 0 Å². The van der Waals surface area contributed by atoms with E-state index in [2.05, 4.69) is 29.3 Å². The minimum Gasteiger partial charge on any atom is -0.314 e. The number of hydrogen-bond donors (Lipinski definition) is 1. The summed E-state index contributed by atoms with van der Waals surface area (Å²) >= 11 is 0. The number of benzene rings is 2. The van der Waals surface area contributed by atoms with Gasteiger partial charge < -0.3 is 10.2 Å². The summed E-state index contributed by atoms with van der Waals surface area (Å²) in [6.45, 7) is 7.64. The van der Waals surface area contributed by atoms with E-state index < -0.39 is 0 Å². The maximum Gasteiger partial charge on any atom is 0.193 e. The molecule has 136 valence electrons. The van der Waals surface area contributed by atoms with Crippen molar-refractivity contribution in [3.8, 4) is 0 Å². The van der Waals surface area contributed by atoms with E-state index in [1.54, 1.807) is 0 Å². The fourth-order valence-electron chi connectivity index (χ4n) is 3.13. The highest BCUT2D eigenvalue weighted by atomic mass is 35.5. The van der Waals surface area contributed by atoms with Gasteiger partial charge in [-0.25, -0.2) is 0 Å². The molecule has 2 aromatic rings. The first-order valence-electron chi connectivity index (χ1n) is 8.37. The Bertz CT molecular complexity index is 658. The molecule has 1 saturated heterocycles. The molecule has 1 aliphatic heterocycles. The number of hydrogen-bond acceptors (Lipinski definition) is 3. The van der Waals surface area contributed by atoms with Crippen LogP contribution in [0.5, 0.6) is 0 Å². The fraction of sp³-hybridized carbons (Fsp3) is 0.350. The van der Waals surface area contributed by atoms with Crippen LogP contribution in [0.15, 0.2) is 54.6 Å². The largest absolute Gasteiger partial charge is 0.314 e. The molecule has 0 amide bonds. The van der Waals surface area contributed by atoms with E-state index in [0.29, 0.717) is 5.92 Å². The Balaban J connectivity index is 0.00000156. The summed E-state index contributed by atoms with van der Waals surface area (Å²) in [4.78, 5) is 15.1. The molecule has 0 aliphatic carbocycles. The molecule has 0 aromatic heterocycles. The molecule has 0 saturated carbocycles. The fourth-order valence-corrected chi connectivity index (χ4v) is 3.13. The van der Waals surface area contributed by atoms with Gasteiger partial charge in [0.1, 0.15) is 0 Å². The Labute approximate surface area is 162 Å². The van der Waals surface area contributed by atoms with Crippen molar-refractivity contribution in [2.24, 2.45) is 0 Å². The minimum absolute atomic E-state index is 0. The van der Waals surface area contributed by atoms with E-state index in [1.165, 1.54) is 5.56 Å². The average molecular weight is 381 g/mol. The molecule has 0 bridgehead atoms. The van der Waals surface area contributed by atoms with Gasteiger partial charge in [-0.3, -0.25) is 4.79 Å². The van der Waals surface area contributed by atoms with Crippen LogP contribution in [0.1, 0.15) is 34.3 Å². The van der Waals surface area contributed by atoms with Crippen molar-refractivity contribution in [1.82, 2.24) is 10.2 Å². The third-order valence-electron chi connectivity index (χ3n) is 4.50. The monoisotopic (exact) mass is 380 g/mol. The van der Waals surface area contributed by atoms with E-state index in [0.717, 1.165) is 43.9 Å². The highest BCUT2D eigenvalue weighted by Gasteiger charge is 2.16. The predicted octanol–water partition coefficient (Wildman–Crippen LogP) is 3.77. The smallest absolute Gasteiger partial charge is 0.193 e. The molecular formula is C20H26Cl2N2O. The van der Waals surface area contributed by atoms with E-state index in [9.17, 15) is 4.79 Å². The Morgan fingerprint density at radius 2 is 1.64 bits per heavy atom. The van der Waals surface area contributed by atoms with Crippen molar-refractivity contribution in [2.45, 2.75) is 12.8 Å². The van der Waals surface area contributed by atoms with Gasteiger partial charge in [0.05, 0.1) is 0 Å². The lowest BCUT2D eigenvalue weighted by Crippen LogP contribution is -2.44. The van der Waals surface area contributed by atoms with Crippen LogP contribution in [0.25, 0.3) is 0 Å². The zero-order valence-electron chi connectivity index (χ0n) is 14.5. The molecule has 0 spiro atoms. The highest BCUT2D eigenvalue weighted by Crippen LogP contribution is 2.20. The van der Waals surface area contributed by atoms with E-state index in [1.807, 2.05) is 42.5 Å². The molecular weight excluding hydrogens is 355 g/mol. The van der Waals surface area contributed by atoms with E-state index in [4.69, 9.17) is 0 Å². The van der Waals surface area contributed by atoms with Crippen LogP contribution in [0.2, 0.25) is 0 Å². The van der Waals surface area contributed by atoms with Gasteiger partial charge in [0, 0.05) is 43.9 Å². The molecule has 1 fully saturated rings. The standard InChI is InChI=1S/C20H24N2O.2ClH/c1-16(15-22-12-10-21-11-13-22)18-8-5-9-19(14-18)20(23)17-6-3-2-4-7-17;;/h2-9,14,16,21H,10-13,15H2,1H3;2*1H. The summed E-state index contributed by atoms with van der Waals surface area (Å²) in [7, 11) is 0. The first-order chi connectivity index (χ1) is 11.2. The summed E-state index contributed by atoms with van der Waals surface area (Å²) in [5.74, 6) is 0.526. The van der Waals surface area contributed by atoms with Gasteiger partial charge in [-0.15, -0.1) is 24.8 Å². The number of piperazine rings is 1. The number of halogens is 2. The van der Waals surface area contributed by atoms with Gasteiger partial charge in [-0.05, 0) is 17.5 Å². The SMILES string of the molecule is CC(CN1CCNCC1)c1cccc(C(=O)c2ccccc2)c1.Cl.Cl. The third kappa shape index (κ3) is 5.82. The van der Waals surface area contributed by atoms with Gasteiger partial charge in [0.25, 0.3) is 0 Å². The highest BCUT2D eigenvalue weighted by molar-refractivity contribution is 6.09. The maximum atomic E-state index is 12.6. The molecule has 3 nitrogen and oxygen atoms in total. The van der Waals surface area contributed by atoms with Crippen molar-refractivity contribution in [2.75, 3.05) is 32.7 Å². The third-order valence-corrected chi connectivity index (χ3v) is 4.50. The van der Waals surface area contributed by atoms with Crippen LogP contribution in [0.4, 0.5) is 0 Å². The minimum atomic E-state index is 0. The van der Waals surface area contributed by atoms with E-state index >= 15 is 0 Å². The summed E-state index contributed by atoms with van der Waals surface area (Å²) < 4.78 is 0. The number of carbonyl (C=O) groups excluding carboxylic acids is 1. The van der Waals surface area contributed by atoms with Crippen LogP contribution >= 0.6 is 24.8 Å². The summed E-state index contributed by atoms with van der Waals surface area (Å²) in [6, 6.07) is 17.6. The lowest BCUT2D eigenvalue weighted by atomic mass is 9.95. The van der Waals surface area contributed by atoms with Crippen LogP contribution in [0.3, 0.4) is 0 Å². The number of carbonyl (C=O) groups is 1. The topological polar surface area (TPSA) is 32.3 Å². The van der Waals surface area contributed by atoms with Gasteiger partial charge in [-0.2, -0.15) is 0 Å². The first kappa shape index (κ1) is 21.7.